The second-order valence-electron chi connectivity index (χ2n) is 19.7. The van der Waals surface area contributed by atoms with Crippen LogP contribution < -0.4 is 59.7 Å². The molecule has 0 aliphatic carbocycles. The first kappa shape index (κ1) is 68.0. The van der Waals surface area contributed by atoms with Crippen molar-refractivity contribution in [1.29, 1.82) is 0 Å². The van der Waals surface area contributed by atoms with Gasteiger partial charge in [0, 0.05) is 6.42 Å². The Morgan fingerprint density at radius 1 is 0.427 bits per heavy atom. The third-order valence-electron chi connectivity index (χ3n) is 11.4. The van der Waals surface area contributed by atoms with Gasteiger partial charge in [0.1, 0.15) is 48.3 Å². The molecule has 426 valence electrons. The van der Waals surface area contributed by atoms with Gasteiger partial charge in [-0.1, -0.05) is 61.8 Å². The number of amides is 9. The van der Waals surface area contributed by atoms with Gasteiger partial charge in [-0.25, -0.2) is 4.79 Å². The highest BCUT2D eigenvalue weighted by atomic mass is 16.4. The van der Waals surface area contributed by atoms with Crippen molar-refractivity contribution in [2.45, 2.75) is 187 Å². The monoisotopic (exact) mass is 1070 g/mol. The Kier molecular flexibility index (Phi) is 31.3. The molecule has 0 saturated carbocycles. The van der Waals surface area contributed by atoms with Gasteiger partial charge in [-0.2, -0.15) is 0 Å². The first-order valence-corrected chi connectivity index (χ1v) is 24.9. The number of aliphatic carboxylic acids is 4. The molecule has 0 radical (unpaired) electrons. The standard InChI is InChI=1S/C47H81N11O17/c1-9-25(8)38(58-40(67)27(12-10-11-15-48)51-41(68)29(17-23(4)5)53-39(66)26(49)16-22(2)3)46(73)57-33(21-37(64)65)45(72)55-31(19-34(50)59)43(70)54-30(18-24(6)7)42(69)56-32(20-36(62)63)44(71)52-28(47(74)75)13-14-35(60)61/h22-33,38H,9-21,48-49H2,1-8H3,(H2,50,59)(H,51,68)(H,52,71)(H,53,66)(H,54,70)(H,55,72)(H,56,69)(H,57,73)(H,58,67)(H,60,61)(H,62,63)(H,64,65)(H,74,75)/t25-,26-,27-,28-,29-,30-,31-,32-,33-,38-/m0/s1. The van der Waals surface area contributed by atoms with Gasteiger partial charge in [0.2, 0.25) is 53.2 Å². The number of carbonyl (C=O) groups excluding carboxylic acids is 9. The van der Waals surface area contributed by atoms with E-state index in [2.05, 4.69) is 37.2 Å². The lowest BCUT2D eigenvalue weighted by Crippen LogP contribution is -2.61. The Balaban J connectivity index is 6.76. The van der Waals surface area contributed by atoms with Crippen molar-refractivity contribution in [2.24, 2.45) is 40.9 Å². The molecule has 0 bridgehead atoms. The van der Waals surface area contributed by atoms with E-state index in [-0.39, 0.29) is 44.1 Å². The van der Waals surface area contributed by atoms with Gasteiger partial charge in [-0.15, -0.1) is 0 Å². The van der Waals surface area contributed by atoms with E-state index in [1.807, 2.05) is 33.0 Å². The molecular formula is C47H81N11O17. The van der Waals surface area contributed by atoms with Crippen molar-refractivity contribution in [2.75, 3.05) is 6.54 Å². The normalized spacial score (nSPS) is 15.2. The molecule has 9 amide bonds. The smallest absolute Gasteiger partial charge is 0.326 e. The number of nitrogens with two attached hydrogens (primary N) is 3. The topological polar surface area (TPSA) is 477 Å². The highest BCUT2D eigenvalue weighted by Crippen LogP contribution is 2.14. The number of carboxylic acid groups (broad SMARTS) is 4. The molecule has 0 aromatic heterocycles. The third kappa shape index (κ3) is 27.8. The summed E-state index contributed by atoms with van der Waals surface area (Å²) < 4.78 is 0. The van der Waals surface area contributed by atoms with E-state index in [0.717, 1.165) is 0 Å². The second kappa shape index (κ2) is 34.5. The van der Waals surface area contributed by atoms with E-state index in [9.17, 15) is 77.6 Å². The number of rotatable bonds is 38. The Morgan fingerprint density at radius 2 is 0.800 bits per heavy atom. The molecule has 18 N–H and O–H groups in total. The molecule has 0 aliphatic rings. The van der Waals surface area contributed by atoms with E-state index in [1.54, 1.807) is 27.7 Å². The van der Waals surface area contributed by atoms with Gasteiger partial charge in [0.25, 0.3) is 0 Å². The maximum Gasteiger partial charge on any atom is 0.326 e. The Morgan fingerprint density at radius 3 is 1.19 bits per heavy atom. The molecule has 0 aliphatic heterocycles. The lowest BCUT2D eigenvalue weighted by molar-refractivity contribution is -0.144. The number of nitrogens with one attached hydrogen (secondary N) is 8. The maximum absolute atomic E-state index is 14.1. The highest BCUT2D eigenvalue weighted by Gasteiger charge is 2.37. The fraction of sp³-hybridized carbons (Fsp3) is 0.723. The van der Waals surface area contributed by atoms with Crippen LogP contribution in [0, 0.1) is 23.7 Å². The maximum atomic E-state index is 14.1. The molecule has 0 fully saturated rings. The number of primary amides is 1. The number of carbonyl (C=O) groups is 13. The summed E-state index contributed by atoms with van der Waals surface area (Å²) >= 11 is 0. The van der Waals surface area contributed by atoms with Crippen LogP contribution in [0.25, 0.3) is 0 Å². The van der Waals surface area contributed by atoms with Crippen LogP contribution in [0.3, 0.4) is 0 Å². The number of unbranched alkanes of at least 4 members (excludes halogenated alkanes) is 1. The number of hydrogen-bond acceptors (Lipinski definition) is 15. The van der Waals surface area contributed by atoms with Gasteiger partial charge >= 0.3 is 23.9 Å². The summed E-state index contributed by atoms with van der Waals surface area (Å²) in [5.74, 6) is -17.0. The van der Waals surface area contributed by atoms with Crippen molar-refractivity contribution >= 4 is 77.0 Å². The van der Waals surface area contributed by atoms with Crippen molar-refractivity contribution < 1.29 is 82.8 Å². The molecule has 0 aromatic rings. The molecule has 10 atom stereocenters. The van der Waals surface area contributed by atoms with Gasteiger partial charge in [-0.3, -0.25) is 57.5 Å². The zero-order chi connectivity index (χ0) is 57.9. The minimum Gasteiger partial charge on any atom is -0.481 e. The fourth-order valence-electron chi connectivity index (χ4n) is 7.34. The number of carboxylic acids is 4. The number of hydrogen-bond donors (Lipinski definition) is 15. The van der Waals surface area contributed by atoms with E-state index in [0.29, 0.717) is 19.3 Å². The summed E-state index contributed by atoms with van der Waals surface area (Å²) in [5, 5.41) is 56.5. The molecule has 0 unspecified atom stereocenters. The quantitative estimate of drug-likeness (QED) is 0.0279. The van der Waals surface area contributed by atoms with Crippen molar-refractivity contribution in [3.63, 3.8) is 0 Å². The molecule has 0 heterocycles. The average Bonchev–Trinajstić information content (AvgIpc) is 3.28. The van der Waals surface area contributed by atoms with Crippen LogP contribution >= 0.6 is 0 Å². The highest BCUT2D eigenvalue weighted by molar-refractivity contribution is 6.00. The molecule has 0 saturated heterocycles. The molecule has 28 heteroatoms. The molecule has 0 aromatic carbocycles. The van der Waals surface area contributed by atoms with Crippen LogP contribution in [0.5, 0.6) is 0 Å². The first-order chi connectivity index (χ1) is 34.8. The van der Waals surface area contributed by atoms with Crippen LogP contribution in [0.2, 0.25) is 0 Å². The van der Waals surface area contributed by atoms with E-state index < -0.39 is 175 Å². The van der Waals surface area contributed by atoms with E-state index in [1.165, 1.54) is 0 Å². The Bertz CT molecular complexity index is 2000. The predicted octanol–water partition coefficient (Wildman–Crippen LogP) is -2.72. The fourth-order valence-corrected chi connectivity index (χ4v) is 7.34. The second-order valence-corrected chi connectivity index (χ2v) is 19.7. The van der Waals surface area contributed by atoms with Gasteiger partial charge in [0.05, 0.1) is 25.3 Å². The van der Waals surface area contributed by atoms with Crippen LogP contribution in [0.15, 0.2) is 0 Å². The molecular weight excluding hydrogens is 991 g/mol. The summed E-state index contributed by atoms with van der Waals surface area (Å²) in [6, 6.07) is -14.2. The van der Waals surface area contributed by atoms with E-state index in [4.69, 9.17) is 22.3 Å². The minimum absolute atomic E-state index is 0.0352. The van der Waals surface area contributed by atoms with Crippen molar-refractivity contribution in [3.8, 4) is 0 Å². The van der Waals surface area contributed by atoms with E-state index >= 15 is 0 Å². The van der Waals surface area contributed by atoms with Gasteiger partial charge in [-0.05, 0) is 75.2 Å². The summed E-state index contributed by atoms with van der Waals surface area (Å²) in [4.78, 5) is 168. The Hall–Kier alpha value is -6.97. The zero-order valence-corrected chi connectivity index (χ0v) is 44.0. The van der Waals surface area contributed by atoms with Gasteiger partial charge in [0.15, 0.2) is 0 Å². The SMILES string of the molecule is CC[C@H](C)[C@H](NC(=O)[C@H](CCCCN)NC(=O)[C@H](CC(C)C)NC(=O)[C@@H](N)CC(C)C)C(=O)N[C@@H](CC(=O)O)C(=O)N[C@@H](CC(N)=O)C(=O)N[C@@H](CC(C)C)C(=O)N[C@@H](CC(=O)O)C(=O)N[C@@H](CCC(=O)O)C(=O)O. The van der Waals surface area contributed by atoms with Crippen LogP contribution in [0.4, 0.5) is 0 Å². The lowest BCUT2D eigenvalue weighted by Gasteiger charge is -2.30. The first-order valence-electron chi connectivity index (χ1n) is 24.9. The Labute approximate surface area is 435 Å². The third-order valence-corrected chi connectivity index (χ3v) is 11.4. The minimum atomic E-state index is -2.00. The lowest BCUT2D eigenvalue weighted by atomic mass is 9.96. The van der Waals surface area contributed by atoms with Gasteiger partial charge < -0.3 is 80.2 Å². The largest absolute Gasteiger partial charge is 0.481 e. The molecule has 0 spiro atoms. The molecule has 28 nitrogen and oxygen atoms in total. The van der Waals surface area contributed by atoms with Crippen LogP contribution in [-0.4, -0.2) is 158 Å². The molecule has 0 rings (SSSR count). The zero-order valence-electron chi connectivity index (χ0n) is 44.0. The molecule has 75 heavy (non-hydrogen) atoms. The predicted molar refractivity (Wildman–Crippen MR) is 267 cm³/mol. The summed E-state index contributed by atoms with van der Waals surface area (Å²) in [7, 11) is 0. The summed E-state index contributed by atoms with van der Waals surface area (Å²) in [6.07, 6.45) is -3.14. The van der Waals surface area contributed by atoms with Crippen LogP contribution in [0.1, 0.15) is 132 Å². The average molecular weight is 1070 g/mol. The van der Waals surface area contributed by atoms with Crippen molar-refractivity contribution in [1.82, 2.24) is 42.5 Å². The van der Waals surface area contributed by atoms with Crippen molar-refractivity contribution in [3.05, 3.63) is 0 Å². The summed E-state index contributed by atoms with van der Waals surface area (Å²) in [6.45, 7) is 14.1. The van der Waals surface area contributed by atoms with Crippen LogP contribution in [-0.2, 0) is 62.3 Å². The summed E-state index contributed by atoms with van der Waals surface area (Å²) in [5.41, 5.74) is 17.2.